The van der Waals surface area contributed by atoms with Crippen molar-refractivity contribution < 1.29 is 14.0 Å². The normalized spacial score (nSPS) is 20.8. The lowest BCUT2D eigenvalue weighted by atomic mass is 10.0. The summed E-state index contributed by atoms with van der Waals surface area (Å²) in [6, 6.07) is -0.242. The summed E-state index contributed by atoms with van der Waals surface area (Å²) in [4.78, 5) is 30.0. The molecule has 0 bridgehead atoms. The van der Waals surface area contributed by atoms with Crippen LogP contribution in [-0.4, -0.2) is 53.9 Å². The van der Waals surface area contributed by atoms with Crippen LogP contribution in [-0.2, 0) is 9.59 Å². The summed E-state index contributed by atoms with van der Waals surface area (Å²) in [6.45, 7) is 6.19. The molecular weight excluding hydrogens is 391 g/mol. The predicted molar refractivity (Wildman–Crippen MR) is 117 cm³/mol. The molecule has 0 spiro atoms. The zero-order valence-corrected chi connectivity index (χ0v) is 17.8. The van der Waals surface area contributed by atoms with E-state index in [9.17, 15) is 14.0 Å². The number of thioether (sulfide) groups is 1. The van der Waals surface area contributed by atoms with Crippen LogP contribution in [0.25, 0.3) is 0 Å². The summed E-state index contributed by atoms with van der Waals surface area (Å²) >= 11 is 1.56. The van der Waals surface area contributed by atoms with E-state index in [0.717, 1.165) is 22.0 Å². The van der Waals surface area contributed by atoms with Gasteiger partial charge >= 0.3 is 0 Å². The van der Waals surface area contributed by atoms with Crippen molar-refractivity contribution in [1.29, 1.82) is 5.41 Å². The lowest BCUT2D eigenvalue weighted by Crippen LogP contribution is -2.39. The topological polar surface area (TPSA) is 85.6 Å². The number of hydrogen-bond donors (Lipinski definition) is 2. The maximum Gasteiger partial charge on any atom is 0.284 e. The van der Waals surface area contributed by atoms with Gasteiger partial charge in [-0.05, 0) is 38.7 Å². The number of amidine groups is 1. The molecule has 0 aromatic rings. The first-order valence-corrected chi connectivity index (χ1v) is 10.4. The number of allylic oxidation sites excluding steroid dienone is 4. The van der Waals surface area contributed by atoms with E-state index in [-0.39, 0.29) is 18.7 Å². The molecule has 2 rings (SSSR count). The number of carbonyl (C=O) groups is 2. The number of hydrogen-bond acceptors (Lipinski definition) is 6. The number of halogens is 1. The fourth-order valence-corrected chi connectivity index (χ4v) is 3.92. The highest BCUT2D eigenvalue weighted by atomic mass is 32.2. The van der Waals surface area contributed by atoms with Crippen LogP contribution in [0.15, 0.2) is 50.9 Å². The van der Waals surface area contributed by atoms with Gasteiger partial charge in [0.25, 0.3) is 5.91 Å². The number of fused-ring (bicyclic) bond motifs is 1. The molecule has 0 radical (unpaired) electrons. The van der Waals surface area contributed by atoms with E-state index >= 15 is 0 Å². The molecule has 0 aromatic carbocycles. The number of carbonyl (C=O) groups excluding carboxylic acids is 2. The second-order valence-corrected chi connectivity index (χ2v) is 7.72. The molecule has 1 amide bonds. The van der Waals surface area contributed by atoms with Crippen molar-refractivity contribution in [2.24, 2.45) is 4.99 Å². The third-order valence-corrected chi connectivity index (χ3v) is 5.58. The molecule has 29 heavy (non-hydrogen) atoms. The van der Waals surface area contributed by atoms with Crippen molar-refractivity contribution in [2.75, 3.05) is 13.1 Å². The number of aldehydes is 1. The van der Waals surface area contributed by atoms with Gasteiger partial charge in [-0.15, -0.1) is 0 Å². The van der Waals surface area contributed by atoms with Gasteiger partial charge < -0.3 is 15.6 Å². The van der Waals surface area contributed by atoms with Gasteiger partial charge in [0.15, 0.2) is 0 Å². The lowest BCUT2D eigenvalue weighted by molar-refractivity contribution is -0.131. The first-order chi connectivity index (χ1) is 13.9. The zero-order valence-electron chi connectivity index (χ0n) is 16.9. The van der Waals surface area contributed by atoms with E-state index in [1.54, 1.807) is 23.9 Å². The van der Waals surface area contributed by atoms with E-state index < -0.39 is 12.1 Å². The van der Waals surface area contributed by atoms with Crippen LogP contribution in [0.3, 0.4) is 0 Å². The molecule has 6 nitrogen and oxygen atoms in total. The van der Waals surface area contributed by atoms with Gasteiger partial charge in [-0.25, -0.2) is 4.39 Å². The molecule has 2 heterocycles. The smallest absolute Gasteiger partial charge is 0.284 e. The van der Waals surface area contributed by atoms with Gasteiger partial charge in [0.1, 0.15) is 12.0 Å². The fraction of sp³-hybridized carbons (Fsp3) is 0.429. The molecule has 2 N–H and O–H groups in total. The minimum atomic E-state index is -0.959. The van der Waals surface area contributed by atoms with Crippen LogP contribution < -0.4 is 5.32 Å². The van der Waals surface area contributed by atoms with Crippen molar-refractivity contribution in [3.63, 3.8) is 0 Å². The van der Waals surface area contributed by atoms with Crippen molar-refractivity contribution in [3.8, 4) is 0 Å². The molecule has 0 aromatic heterocycles. The lowest BCUT2D eigenvalue weighted by Gasteiger charge is -2.29. The van der Waals surface area contributed by atoms with Gasteiger partial charge in [-0.3, -0.25) is 14.6 Å². The Morgan fingerprint density at radius 3 is 2.86 bits per heavy atom. The second-order valence-electron chi connectivity index (χ2n) is 6.78. The molecule has 2 unspecified atom stereocenters. The zero-order chi connectivity index (χ0) is 21.4. The first-order valence-electron chi connectivity index (χ1n) is 9.54. The van der Waals surface area contributed by atoms with Gasteiger partial charge in [0, 0.05) is 29.1 Å². The van der Waals surface area contributed by atoms with Crippen molar-refractivity contribution >= 4 is 35.5 Å². The SMILES string of the molecule is CC=C(S/C=C\C)C1=NCC(C(=N)/C=C\CC(C)F)=C2CC(NC(=O)C=O)CN12. The summed E-state index contributed by atoms with van der Waals surface area (Å²) in [5, 5.41) is 13.1. The number of rotatable bonds is 9. The molecule has 1 saturated heterocycles. The molecule has 1 fully saturated rings. The number of nitrogens with one attached hydrogen (secondary N) is 2. The molecule has 0 saturated carbocycles. The average Bonchev–Trinajstić information content (AvgIpc) is 3.11. The van der Waals surface area contributed by atoms with Gasteiger partial charge in [-0.2, -0.15) is 0 Å². The van der Waals surface area contributed by atoms with Crippen molar-refractivity contribution in [3.05, 3.63) is 45.9 Å². The third-order valence-electron chi connectivity index (χ3n) is 4.50. The standard InChI is InChI=1S/C21H27FN4O2S/c1-4-9-29-19(5-2)21-24-11-16(17(23)8-6-7-14(3)22)18-10-15(12-26(18)21)25-20(28)13-27/h4-6,8-9,13-15,23H,7,10-12H2,1-3H3,(H,25,28)/b8-6-,9-4-,19-5?,23-17?. The minimum absolute atomic E-state index is 0.242. The van der Waals surface area contributed by atoms with Crippen LogP contribution >= 0.6 is 11.8 Å². The van der Waals surface area contributed by atoms with E-state index in [0.29, 0.717) is 25.2 Å². The van der Waals surface area contributed by atoms with Gasteiger partial charge in [-0.1, -0.05) is 30.0 Å². The van der Waals surface area contributed by atoms with Gasteiger partial charge in [0.05, 0.1) is 18.3 Å². The largest absolute Gasteiger partial charge is 0.345 e. The Kier molecular flexibility index (Phi) is 8.57. The van der Waals surface area contributed by atoms with Crippen LogP contribution in [0.2, 0.25) is 0 Å². The van der Waals surface area contributed by atoms with Crippen molar-refractivity contribution in [2.45, 2.75) is 45.8 Å². The number of aliphatic imine (C=N–C) groups is 1. The third kappa shape index (κ3) is 6.00. The number of alkyl halides is 1. The minimum Gasteiger partial charge on any atom is -0.345 e. The van der Waals surface area contributed by atoms with Crippen LogP contribution in [0.1, 0.15) is 33.6 Å². The highest BCUT2D eigenvalue weighted by Gasteiger charge is 2.36. The van der Waals surface area contributed by atoms with E-state index in [1.165, 1.54) is 6.92 Å². The number of nitrogens with zero attached hydrogens (tertiary/aromatic N) is 2. The summed E-state index contributed by atoms with van der Waals surface area (Å²) in [7, 11) is 0. The molecule has 0 aliphatic carbocycles. The highest BCUT2D eigenvalue weighted by Crippen LogP contribution is 2.34. The Morgan fingerprint density at radius 2 is 2.24 bits per heavy atom. The quantitative estimate of drug-likeness (QED) is 0.341. The highest BCUT2D eigenvalue weighted by molar-refractivity contribution is 8.06. The summed E-state index contributed by atoms with van der Waals surface area (Å²) in [5.74, 6) is 0.142. The van der Waals surface area contributed by atoms with E-state index in [4.69, 9.17) is 10.4 Å². The van der Waals surface area contributed by atoms with Gasteiger partial charge in [0.2, 0.25) is 6.29 Å². The Bertz CT molecular complexity index is 811. The van der Waals surface area contributed by atoms with Crippen LogP contribution in [0.5, 0.6) is 0 Å². The monoisotopic (exact) mass is 418 g/mol. The number of amides is 1. The Balaban J connectivity index is 2.32. The Morgan fingerprint density at radius 1 is 1.48 bits per heavy atom. The molecule has 2 aliphatic heterocycles. The van der Waals surface area contributed by atoms with E-state index in [1.807, 2.05) is 36.3 Å². The maximum absolute atomic E-state index is 13.0. The summed E-state index contributed by atoms with van der Waals surface area (Å²) < 4.78 is 13.0. The van der Waals surface area contributed by atoms with Crippen LogP contribution in [0, 0.1) is 5.41 Å². The Labute approximate surface area is 175 Å². The molecule has 2 aliphatic rings. The van der Waals surface area contributed by atoms with Crippen LogP contribution in [0.4, 0.5) is 4.39 Å². The first kappa shape index (κ1) is 22.8. The maximum atomic E-state index is 13.0. The molecule has 2 atom stereocenters. The molecule has 156 valence electrons. The average molecular weight is 419 g/mol. The molecule has 8 heteroatoms. The molecular formula is C21H27FN4O2S. The fourth-order valence-electron chi connectivity index (χ4n) is 3.22. The predicted octanol–water partition coefficient (Wildman–Crippen LogP) is 3.54. The second kappa shape index (κ2) is 10.9. The van der Waals surface area contributed by atoms with Crippen molar-refractivity contribution in [1.82, 2.24) is 10.2 Å². The summed E-state index contributed by atoms with van der Waals surface area (Å²) in [5.41, 5.74) is 1.96. The van der Waals surface area contributed by atoms with E-state index in [2.05, 4.69) is 5.32 Å². The Hall–Kier alpha value is -2.48. The summed E-state index contributed by atoms with van der Waals surface area (Å²) in [6.07, 6.45) is 7.27.